The van der Waals surface area contributed by atoms with Crippen molar-refractivity contribution in [3.63, 3.8) is 0 Å². The van der Waals surface area contributed by atoms with Crippen LogP contribution in [0.3, 0.4) is 0 Å². The molecule has 0 saturated carbocycles. The highest BCUT2D eigenvalue weighted by atomic mass is 35.5. The summed E-state index contributed by atoms with van der Waals surface area (Å²) in [5.74, 6) is 0. The summed E-state index contributed by atoms with van der Waals surface area (Å²) < 4.78 is 0.890. The van der Waals surface area contributed by atoms with E-state index in [1.807, 2.05) is 0 Å². The minimum absolute atomic E-state index is 0.179. The maximum atomic E-state index is 11.0. The number of nitrogens with zero attached hydrogens (tertiary/aromatic N) is 5. The number of nitriles is 2. The van der Waals surface area contributed by atoms with Gasteiger partial charge in [0, 0.05) is 11.6 Å². The molecular weight excluding hydrogens is 284 g/mol. The summed E-state index contributed by atoms with van der Waals surface area (Å²) in [7, 11) is 0. The lowest BCUT2D eigenvalue weighted by Crippen LogP contribution is -2.06. The first-order chi connectivity index (χ1) is 9.56. The molecular formula is C11H5ClN6O2. The van der Waals surface area contributed by atoms with E-state index < -0.39 is 6.09 Å². The van der Waals surface area contributed by atoms with Gasteiger partial charge in [0.2, 0.25) is 5.71 Å². The van der Waals surface area contributed by atoms with E-state index in [-0.39, 0.29) is 16.4 Å². The van der Waals surface area contributed by atoms with Crippen LogP contribution in [0, 0.1) is 22.7 Å². The number of hydrogen-bond donors (Lipinski definition) is 2. The fraction of sp³-hybridized carbons (Fsp3) is 0. The molecule has 0 aliphatic rings. The predicted molar refractivity (Wildman–Crippen MR) is 70.4 cm³/mol. The van der Waals surface area contributed by atoms with Crippen LogP contribution in [0.1, 0.15) is 0 Å². The number of hydrazone groups is 1. The number of nitrogens with one attached hydrogen (secondary N) is 1. The lowest BCUT2D eigenvalue weighted by Gasteiger charge is -2.00. The molecule has 0 spiro atoms. The van der Waals surface area contributed by atoms with Crippen molar-refractivity contribution >= 4 is 40.1 Å². The third-order valence-electron chi connectivity index (χ3n) is 2.31. The van der Waals surface area contributed by atoms with Gasteiger partial charge in [0.25, 0.3) is 0 Å². The van der Waals surface area contributed by atoms with Gasteiger partial charge in [0.05, 0.1) is 16.9 Å². The molecule has 8 nitrogen and oxygen atoms in total. The fourth-order valence-electron chi connectivity index (χ4n) is 1.47. The lowest BCUT2D eigenvalue weighted by atomic mass is 10.3. The Bertz CT molecular complexity index is 795. The molecule has 0 aliphatic heterocycles. The fourth-order valence-corrected chi connectivity index (χ4v) is 1.71. The highest BCUT2D eigenvalue weighted by Gasteiger charge is 2.13. The smallest absolute Gasteiger partial charge is 0.417 e. The highest BCUT2D eigenvalue weighted by molar-refractivity contribution is 6.35. The van der Waals surface area contributed by atoms with E-state index in [0.717, 1.165) is 4.57 Å². The van der Waals surface area contributed by atoms with Gasteiger partial charge in [-0.3, -0.25) is 5.43 Å². The molecule has 2 rings (SSSR count). The average Bonchev–Trinajstić information content (AvgIpc) is 2.77. The van der Waals surface area contributed by atoms with E-state index in [1.54, 1.807) is 12.1 Å². The zero-order chi connectivity index (χ0) is 14.7. The molecule has 0 atom stereocenters. The normalized spacial score (nSPS) is 9.55. The molecule has 9 heteroatoms. The van der Waals surface area contributed by atoms with Crippen molar-refractivity contribution in [2.75, 3.05) is 5.43 Å². The number of carboxylic acid groups (broad SMARTS) is 1. The van der Waals surface area contributed by atoms with Gasteiger partial charge in [-0.15, -0.1) is 0 Å². The van der Waals surface area contributed by atoms with E-state index in [1.165, 1.54) is 18.5 Å². The first kappa shape index (κ1) is 13.3. The third kappa shape index (κ3) is 2.36. The lowest BCUT2D eigenvalue weighted by molar-refractivity contribution is 0.197. The summed E-state index contributed by atoms with van der Waals surface area (Å²) in [4.78, 5) is 14.9. The quantitative estimate of drug-likeness (QED) is 0.643. The molecule has 0 unspecified atom stereocenters. The third-order valence-corrected chi connectivity index (χ3v) is 2.61. The molecule has 0 amide bonds. The summed E-state index contributed by atoms with van der Waals surface area (Å²) in [6.07, 6.45) is 1.34. The van der Waals surface area contributed by atoms with Crippen LogP contribution in [-0.2, 0) is 0 Å². The summed E-state index contributed by atoms with van der Waals surface area (Å²) in [5.41, 5.74) is 2.67. The summed E-state index contributed by atoms with van der Waals surface area (Å²) >= 11 is 5.92. The summed E-state index contributed by atoms with van der Waals surface area (Å²) in [6.45, 7) is 0. The van der Waals surface area contributed by atoms with Crippen molar-refractivity contribution in [1.29, 1.82) is 10.5 Å². The van der Waals surface area contributed by atoms with Gasteiger partial charge in [-0.2, -0.15) is 15.6 Å². The van der Waals surface area contributed by atoms with E-state index in [9.17, 15) is 4.79 Å². The highest BCUT2D eigenvalue weighted by Crippen LogP contribution is 2.26. The van der Waals surface area contributed by atoms with Gasteiger partial charge in [-0.05, 0) is 6.07 Å². The van der Waals surface area contributed by atoms with E-state index in [0.29, 0.717) is 11.1 Å². The second-order valence-electron chi connectivity index (χ2n) is 3.52. The summed E-state index contributed by atoms with van der Waals surface area (Å²) in [5, 5.41) is 30.2. The molecule has 2 N–H and O–H groups in total. The van der Waals surface area contributed by atoms with Crippen molar-refractivity contribution in [2.24, 2.45) is 5.10 Å². The SMILES string of the molecule is N#CC(C#N)=NNc1cnc2c(c1)c(Cl)cn2C(=O)O. The van der Waals surface area contributed by atoms with Gasteiger partial charge in [-0.25, -0.2) is 14.3 Å². The molecule has 0 aliphatic carbocycles. The van der Waals surface area contributed by atoms with Crippen LogP contribution in [0.2, 0.25) is 5.02 Å². The Morgan fingerprint density at radius 3 is 2.80 bits per heavy atom. The zero-order valence-electron chi connectivity index (χ0n) is 9.70. The molecule has 0 bridgehead atoms. The van der Waals surface area contributed by atoms with E-state index in [4.69, 9.17) is 27.2 Å². The number of anilines is 1. The van der Waals surface area contributed by atoms with Gasteiger partial charge >= 0.3 is 6.09 Å². The van der Waals surface area contributed by atoms with Gasteiger partial charge in [0.1, 0.15) is 12.1 Å². The molecule has 0 aromatic carbocycles. The molecule has 20 heavy (non-hydrogen) atoms. The van der Waals surface area contributed by atoms with Gasteiger partial charge < -0.3 is 5.11 Å². The second-order valence-corrected chi connectivity index (χ2v) is 3.93. The minimum atomic E-state index is -1.20. The molecule has 0 fully saturated rings. The maximum absolute atomic E-state index is 11.0. The van der Waals surface area contributed by atoms with Crippen molar-refractivity contribution in [3.8, 4) is 12.1 Å². The van der Waals surface area contributed by atoms with Crippen LogP contribution in [0.5, 0.6) is 0 Å². The largest absolute Gasteiger partial charge is 0.464 e. The average molecular weight is 289 g/mol. The number of rotatable bonds is 2. The van der Waals surface area contributed by atoms with Crippen LogP contribution in [0.25, 0.3) is 11.0 Å². The number of aromatic nitrogens is 2. The monoisotopic (exact) mass is 288 g/mol. The maximum Gasteiger partial charge on any atom is 0.417 e. The minimum Gasteiger partial charge on any atom is -0.464 e. The molecule has 2 aromatic heterocycles. The van der Waals surface area contributed by atoms with Crippen LogP contribution in [0.4, 0.5) is 10.5 Å². The first-order valence-electron chi connectivity index (χ1n) is 5.10. The van der Waals surface area contributed by atoms with Crippen molar-refractivity contribution < 1.29 is 9.90 Å². The number of pyridine rings is 1. The topological polar surface area (TPSA) is 127 Å². The summed E-state index contributed by atoms with van der Waals surface area (Å²) in [6, 6.07) is 4.69. The van der Waals surface area contributed by atoms with Crippen molar-refractivity contribution in [2.45, 2.75) is 0 Å². The molecule has 2 heterocycles. The first-order valence-corrected chi connectivity index (χ1v) is 5.48. The second kappa shape index (κ2) is 5.26. The van der Waals surface area contributed by atoms with Gasteiger partial charge in [-0.1, -0.05) is 11.6 Å². The van der Waals surface area contributed by atoms with E-state index in [2.05, 4.69) is 15.5 Å². The van der Waals surface area contributed by atoms with Gasteiger partial charge in [0.15, 0.2) is 5.65 Å². The van der Waals surface area contributed by atoms with Crippen LogP contribution in [-0.4, -0.2) is 26.5 Å². The Labute approximate surface area is 117 Å². The molecule has 0 radical (unpaired) electrons. The number of halogens is 1. The standard InChI is InChI=1S/C11H5ClN6O2/c12-9-5-18(11(19)20)10-8(9)1-6(4-15-10)16-17-7(2-13)3-14/h1,4-5,16H,(H,19,20). The Morgan fingerprint density at radius 2 is 2.20 bits per heavy atom. The number of hydrogen-bond acceptors (Lipinski definition) is 6. The zero-order valence-corrected chi connectivity index (χ0v) is 10.5. The van der Waals surface area contributed by atoms with Crippen LogP contribution < -0.4 is 5.43 Å². The molecule has 2 aromatic rings. The van der Waals surface area contributed by atoms with Crippen molar-refractivity contribution in [1.82, 2.24) is 9.55 Å². The Morgan fingerprint density at radius 1 is 1.50 bits per heavy atom. The Hall–Kier alpha value is -3.10. The van der Waals surface area contributed by atoms with Crippen LogP contribution >= 0.6 is 11.6 Å². The van der Waals surface area contributed by atoms with Crippen molar-refractivity contribution in [3.05, 3.63) is 23.5 Å². The Kier molecular flexibility index (Phi) is 3.51. The Balaban J connectivity index is 2.44. The number of fused-ring (bicyclic) bond motifs is 1. The van der Waals surface area contributed by atoms with Crippen LogP contribution in [0.15, 0.2) is 23.6 Å². The molecule has 0 saturated heterocycles. The van der Waals surface area contributed by atoms with E-state index >= 15 is 0 Å². The molecule has 98 valence electrons. The predicted octanol–water partition coefficient (Wildman–Crippen LogP) is 2.03. The number of carbonyl (C=O) groups is 1.